The standard InChI is InChI=1S/C52H99NO3/c1-3-5-7-9-11-13-15-16-17-18-19-20-21-22-23-24-25-26-27-28-29-30-31-32-33-34-35-36-38-40-42-44-46-48-52(56)53-50(49-54)51(55)47-45-43-41-39-37-14-12-10-8-6-4-2/h22-23,37,39,45,47,50-51,54-55H,3-21,24-36,38,40-44,46,48-49H2,1-2H3,(H,53,56)/b23-22-,39-37+,47-45+. The fourth-order valence-corrected chi connectivity index (χ4v) is 7.72. The Morgan fingerprint density at radius 3 is 1.04 bits per heavy atom. The number of allylic oxidation sites excluding steroid dienone is 5. The number of nitrogens with one attached hydrogen (secondary N) is 1. The second-order valence-electron chi connectivity index (χ2n) is 17.2. The first kappa shape index (κ1) is 54.6. The van der Waals surface area contributed by atoms with Gasteiger partial charge in [-0.25, -0.2) is 0 Å². The molecule has 330 valence electrons. The van der Waals surface area contributed by atoms with E-state index in [0.29, 0.717) is 6.42 Å². The monoisotopic (exact) mass is 786 g/mol. The summed E-state index contributed by atoms with van der Waals surface area (Å²) in [7, 11) is 0. The maximum atomic E-state index is 12.4. The van der Waals surface area contributed by atoms with E-state index in [1.54, 1.807) is 6.08 Å². The van der Waals surface area contributed by atoms with Gasteiger partial charge in [0.1, 0.15) is 0 Å². The van der Waals surface area contributed by atoms with Crippen LogP contribution in [0.25, 0.3) is 0 Å². The average Bonchev–Trinajstić information content (AvgIpc) is 3.20. The molecule has 0 bridgehead atoms. The quantitative estimate of drug-likeness (QED) is 0.0425. The largest absolute Gasteiger partial charge is 0.394 e. The Morgan fingerprint density at radius 2 is 0.696 bits per heavy atom. The number of aliphatic hydroxyl groups is 2. The number of carbonyl (C=O) groups excluding carboxylic acids is 1. The van der Waals surface area contributed by atoms with E-state index in [1.807, 2.05) is 6.08 Å². The molecule has 0 rings (SSSR count). The molecule has 0 saturated heterocycles. The summed E-state index contributed by atoms with van der Waals surface area (Å²) in [6, 6.07) is -0.635. The maximum Gasteiger partial charge on any atom is 0.220 e. The molecular formula is C52H99NO3. The lowest BCUT2D eigenvalue weighted by molar-refractivity contribution is -0.123. The predicted octanol–water partition coefficient (Wildman–Crippen LogP) is 16.1. The molecule has 0 aromatic rings. The summed E-state index contributed by atoms with van der Waals surface area (Å²) >= 11 is 0. The number of amides is 1. The van der Waals surface area contributed by atoms with Crippen LogP contribution in [0.2, 0.25) is 0 Å². The molecule has 0 heterocycles. The Bertz CT molecular complexity index is 851. The van der Waals surface area contributed by atoms with Crippen molar-refractivity contribution in [2.24, 2.45) is 0 Å². The lowest BCUT2D eigenvalue weighted by Gasteiger charge is -2.19. The van der Waals surface area contributed by atoms with Crippen LogP contribution in [0.5, 0.6) is 0 Å². The van der Waals surface area contributed by atoms with Crippen molar-refractivity contribution in [3.63, 3.8) is 0 Å². The smallest absolute Gasteiger partial charge is 0.220 e. The minimum atomic E-state index is -0.859. The number of rotatable bonds is 46. The fourth-order valence-electron chi connectivity index (χ4n) is 7.72. The summed E-state index contributed by atoms with van der Waals surface area (Å²) in [5.74, 6) is -0.0724. The van der Waals surface area contributed by atoms with Crippen LogP contribution in [-0.4, -0.2) is 34.9 Å². The number of aliphatic hydroxyl groups excluding tert-OH is 2. The minimum absolute atomic E-state index is 0.0724. The second-order valence-corrected chi connectivity index (χ2v) is 17.2. The summed E-state index contributed by atoms with van der Waals surface area (Å²) in [5.41, 5.74) is 0. The molecule has 1 amide bonds. The number of hydrogen-bond acceptors (Lipinski definition) is 3. The van der Waals surface area contributed by atoms with E-state index in [9.17, 15) is 15.0 Å². The highest BCUT2D eigenvalue weighted by Gasteiger charge is 2.17. The Hall–Kier alpha value is -1.39. The molecule has 3 N–H and O–H groups in total. The Morgan fingerprint density at radius 1 is 0.411 bits per heavy atom. The molecule has 56 heavy (non-hydrogen) atoms. The molecule has 0 aliphatic carbocycles. The third kappa shape index (κ3) is 43.7. The molecule has 0 radical (unpaired) electrons. The third-order valence-corrected chi connectivity index (χ3v) is 11.6. The highest BCUT2D eigenvalue weighted by molar-refractivity contribution is 5.76. The predicted molar refractivity (Wildman–Crippen MR) is 248 cm³/mol. The van der Waals surface area contributed by atoms with Crippen LogP contribution in [-0.2, 0) is 4.79 Å². The molecule has 0 aliphatic heterocycles. The van der Waals surface area contributed by atoms with Crippen molar-refractivity contribution >= 4 is 5.91 Å². The zero-order valence-corrected chi connectivity index (χ0v) is 37.9. The van der Waals surface area contributed by atoms with Crippen LogP contribution >= 0.6 is 0 Å². The van der Waals surface area contributed by atoms with Gasteiger partial charge in [-0.15, -0.1) is 0 Å². The van der Waals surface area contributed by atoms with Gasteiger partial charge in [-0.05, 0) is 57.8 Å². The van der Waals surface area contributed by atoms with Crippen molar-refractivity contribution < 1.29 is 15.0 Å². The SMILES string of the molecule is CCCCCCC/C=C/CC/C=C/C(O)C(CO)NC(=O)CCCCCCCCCCCCCCCCCCC/C=C\CCCCCCCCCCCCCC. The molecule has 0 spiro atoms. The van der Waals surface area contributed by atoms with Crippen LogP contribution in [0.3, 0.4) is 0 Å². The van der Waals surface area contributed by atoms with Gasteiger partial charge in [0.05, 0.1) is 18.8 Å². The van der Waals surface area contributed by atoms with Crippen molar-refractivity contribution in [3.05, 3.63) is 36.5 Å². The molecule has 0 fully saturated rings. The molecule has 0 aliphatic rings. The summed E-state index contributed by atoms with van der Waals surface area (Å²) in [4.78, 5) is 12.4. The van der Waals surface area contributed by atoms with Gasteiger partial charge in [0.25, 0.3) is 0 Å². The van der Waals surface area contributed by atoms with Crippen LogP contribution < -0.4 is 5.32 Å². The van der Waals surface area contributed by atoms with Crippen molar-refractivity contribution in [2.75, 3.05) is 6.61 Å². The topological polar surface area (TPSA) is 69.6 Å². The van der Waals surface area contributed by atoms with E-state index < -0.39 is 12.1 Å². The Kier molecular flexibility index (Phi) is 46.8. The summed E-state index contributed by atoms with van der Waals surface area (Å²) < 4.78 is 0. The lowest BCUT2D eigenvalue weighted by atomic mass is 10.0. The van der Waals surface area contributed by atoms with Gasteiger partial charge in [0.15, 0.2) is 0 Å². The van der Waals surface area contributed by atoms with Crippen molar-refractivity contribution in [2.45, 2.75) is 283 Å². The molecule has 2 unspecified atom stereocenters. The van der Waals surface area contributed by atoms with E-state index >= 15 is 0 Å². The van der Waals surface area contributed by atoms with E-state index in [4.69, 9.17) is 0 Å². The van der Waals surface area contributed by atoms with Gasteiger partial charge in [0.2, 0.25) is 5.91 Å². The van der Waals surface area contributed by atoms with E-state index in [-0.39, 0.29) is 12.5 Å². The third-order valence-electron chi connectivity index (χ3n) is 11.6. The molecule has 0 aromatic heterocycles. The average molecular weight is 786 g/mol. The minimum Gasteiger partial charge on any atom is -0.394 e. The van der Waals surface area contributed by atoms with Crippen molar-refractivity contribution in [1.29, 1.82) is 0 Å². The highest BCUT2D eigenvalue weighted by atomic mass is 16.3. The van der Waals surface area contributed by atoms with Gasteiger partial charge in [-0.2, -0.15) is 0 Å². The molecule has 4 heteroatoms. The van der Waals surface area contributed by atoms with Crippen molar-refractivity contribution in [3.8, 4) is 0 Å². The molecule has 0 aromatic carbocycles. The molecule has 4 nitrogen and oxygen atoms in total. The first-order valence-corrected chi connectivity index (χ1v) is 25.2. The molecule has 2 atom stereocenters. The Balaban J connectivity index is 3.42. The van der Waals surface area contributed by atoms with E-state index in [1.165, 1.54) is 218 Å². The van der Waals surface area contributed by atoms with Gasteiger partial charge >= 0.3 is 0 Å². The summed E-state index contributed by atoms with van der Waals surface area (Å²) in [6.45, 7) is 4.29. The van der Waals surface area contributed by atoms with Crippen molar-refractivity contribution in [1.82, 2.24) is 5.32 Å². The first-order valence-electron chi connectivity index (χ1n) is 25.2. The number of hydrogen-bond donors (Lipinski definition) is 3. The van der Waals surface area contributed by atoms with Gasteiger partial charge in [-0.3, -0.25) is 4.79 Å². The normalized spacial score (nSPS) is 13.1. The second kappa shape index (κ2) is 48.0. The van der Waals surface area contributed by atoms with Gasteiger partial charge in [-0.1, -0.05) is 243 Å². The molecular weight excluding hydrogens is 687 g/mol. The lowest BCUT2D eigenvalue weighted by Crippen LogP contribution is -2.45. The highest BCUT2D eigenvalue weighted by Crippen LogP contribution is 2.16. The zero-order chi connectivity index (χ0) is 40.7. The maximum absolute atomic E-state index is 12.4. The van der Waals surface area contributed by atoms with E-state index in [0.717, 1.165) is 32.1 Å². The van der Waals surface area contributed by atoms with Gasteiger partial charge < -0.3 is 15.5 Å². The van der Waals surface area contributed by atoms with E-state index in [2.05, 4.69) is 43.5 Å². The molecule has 0 saturated carbocycles. The van der Waals surface area contributed by atoms with Crippen LogP contribution in [0, 0.1) is 0 Å². The van der Waals surface area contributed by atoms with Crippen LogP contribution in [0.15, 0.2) is 36.5 Å². The number of unbranched alkanes of at least 4 members (excludes halogenated alkanes) is 35. The summed E-state index contributed by atoms with van der Waals surface area (Å²) in [6.07, 6.45) is 64.4. The Labute approximate surface area is 351 Å². The van der Waals surface area contributed by atoms with Crippen LogP contribution in [0.1, 0.15) is 271 Å². The zero-order valence-electron chi connectivity index (χ0n) is 37.9. The summed E-state index contributed by atoms with van der Waals surface area (Å²) in [5, 5.41) is 22.9. The van der Waals surface area contributed by atoms with Gasteiger partial charge in [0, 0.05) is 6.42 Å². The van der Waals surface area contributed by atoms with Crippen LogP contribution in [0.4, 0.5) is 0 Å². The fraction of sp³-hybridized carbons (Fsp3) is 0.865. The first-order chi connectivity index (χ1) is 27.7. The number of carbonyl (C=O) groups is 1.